The molecular formula is C20H24N2OS. The van der Waals surface area contributed by atoms with E-state index in [1.54, 1.807) is 17.4 Å². The summed E-state index contributed by atoms with van der Waals surface area (Å²) in [5, 5.41) is 7.08. The number of nitrogens with one attached hydrogen (secondary N) is 1. The maximum absolute atomic E-state index is 12.1. The van der Waals surface area contributed by atoms with Gasteiger partial charge in [0.1, 0.15) is 0 Å². The molecule has 1 N–H and O–H groups in total. The summed E-state index contributed by atoms with van der Waals surface area (Å²) in [4.78, 5) is 14.5. The summed E-state index contributed by atoms with van der Waals surface area (Å²) >= 11 is 1.63. The van der Waals surface area contributed by atoms with Gasteiger partial charge in [-0.15, -0.1) is 0 Å². The third-order valence-corrected chi connectivity index (χ3v) is 5.12. The van der Waals surface area contributed by atoms with Crippen LogP contribution in [-0.4, -0.2) is 19.0 Å². The number of rotatable bonds is 5. The standard InChI is InChI=1S/C20H24N2OS/c1-16(21-20(23)9-8-17-10-13-24-15-17)18-6-5-7-19(14-18)22-11-3-2-4-12-22/h5-10,13-16H,2-4,11-12H2,1H3,(H,21,23)/b9-8+. The molecule has 0 bridgehead atoms. The van der Waals surface area contributed by atoms with Crippen LogP contribution in [-0.2, 0) is 4.79 Å². The number of benzene rings is 1. The lowest BCUT2D eigenvalue weighted by Crippen LogP contribution is -2.30. The third kappa shape index (κ3) is 4.48. The first-order chi connectivity index (χ1) is 11.7. The highest BCUT2D eigenvalue weighted by atomic mass is 32.1. The molecule has 1 atom stereocenters. The highest BCUT2D eigenvalue weighted by Gasteiger charge is 2.13. The second kappa shape index (κ2) is 8.15. The lowest BCUT2D eigenvalue weighted by atomic mass is 10.1. The molecule has 0 aliphatic carbocycles. The molecule has 1 fully saturated rings. The van der Waals surface area contributed by atoms with Gasteiger partial charge >= 0.3 is 0 Å². The van der Waals surface area contributed by atoms with Crippen molar-refractivity contribution in [3.05, 3.63) is 58.3 Å². The smallest absolute Gasteiger partial charge is 0.244 e. The molecule has 1 saturated heterocycles. The number of nitrogens with zero attached hydrogens (tertiary/aromatic N) is 1. The largest absolute Gasteiger partial charge is 0.372 e. The van der Waals surface area contributed by atoms with Gasteiger partial charge in [-0.3, -0.25) is 4.79 Å². The van der Waals surface area contributed by atoms with Crippen molar-refractivity contribution < 1.29 is 4.79 Å². The molecular weight excluding hydrogens is 316 g/mol. The molecule has 1 aliphatic heterocycles. The Morgan fingerprint density at radius 1 is 1.25 bits per heavy atom. The van der Waals surface area contributed by atoms with Crippen LogP contribution in [0, 0.1) is 0 Å². The average molecular weight is 340 g/mol. The number of hydrogen-bond acceptors (Lipinski definition) is 3. The van der Waals surface area contributed by atoms with Gasteiger partial charge in [-0.2, -0.15) is 11.3 Å². The van der Waals surface area contributed by atoms with Crippen LogP contribution in [0.1, 0.15) is 43.4 Å². The van der Waals surface area contributed by atoms with Gasteiger partial charge in [0.25, 0.3) is 0 Å². The van der Waals surface area contributed by atoms with Crippen LogP contribution in [0.3, 0.4) is 0 Å². The van der Waals surface area contributed by atoms with E-state index in [4.69, 9.17) is 0 Å². The van der Waals surface area contributed by atoms with Gasteiger partial charge in [0.2, 0.25) is 5.91 Å². The van der Waals surface area contributed by atoms with Crippen LogP contribution in [0.25, 0.3) is 6.08 Å². The Morgan fingerprint density at radius 3 is 2.83 bits per heavy atom. The Labute approximate surface area is 148 Å². The normalized spacial score (nSPS) is 16.3. The van der Waals surface area contributed by atoms with Crippen molar-refractivity contribution in [1.82, 2.24) is 5.32 Å². The summed E-state index contributed by atoms with van der Waals surface area (Å²) in [5.74, 6) is -0.0583. The zero-order valence-electron chi connectivity index (χ0n) is 14.1. The Balaban J connectivity index is 1.61. The lowest BCUT2D eigenvalue weighted by molar-refractivity contribution is -0.117. The zero-order chi connectivity index (χ0) is 16.8. The fourth-order valence-corrected chi connectivity index (χ4v) is 3.66. The van der Waals surface area contributed by atoms with Gasteiger partial charge in [0.15, 0.2) is 0 Å². The molecule has 1 aliphatic rings. The van der Waals surface area contributed by atoms with Crippen LogP contribution in [0.15, 0.2) is 47.2 Å². The maximum Gasteiger partial charge on any atom is 0.244 e. The van der Waals surface area contributed by atoms with E-state index >= 15 is 0 Å². The first kappa shape index (κ1) is 16.8. The molecule has 1 unspecified atom stereocenters. The van der Waals surface area contributed by atoms with Crippen LogP contribution in [0.2, 0.25) is 0 Å². The van der Waals surface area contributed by atoms with Gasteiger partial charge in [-0.1, -0.05) is 12.1 Å². The SMILES string of the molecule is CC(NC(=O)/C=C/c1ccsc1)c1cccc(N2CCCCC2)c1. The summed E-state index contributed by atoms with van der Waals surface area (Å²) in [5.41, 5.74) is 3.48. The summed E-state index contributed by atoms with van der Waals surface area (Å²) in [7, 11) is 0. The fraction of sp³-hybridized carbons (Fsp3) is 0.350. The second-order valence-corrected chi connectivity index (χ2v) is 7.04. The minimum Gasteiger partial charge on any atom is -0.372 e. The van der Waals surface area contributed by atoms with Crippen LogP contribution in [0.4, 0.5) is 5.69 Å². The quantitative estimate of drug-likeness (QED) is 0.805. The van der Waals surface area contributed by atoms with E-state index in [2.05, 4.69) is 34.5 Å². The third-order valence-electron chi connectivity index (χ3n) is 4.42. The van der Waals surface area contributed by atoms with E-state index in [0.717, 1.165) is 24.2 Å². The summed E-state index contributed by atoms with van der Waals surface area (Å²) in [6, 6.07) is 10.5. The molecule has 0 radical (unpaired) electrons. The van der Waals surface area contributed by atoms with Crippen molar-refractivity contribution in [2.45, 2.75) is 32.2 Å². The van der Waals surface area contributed by atoms with Crippen LogP contribution in [0.5, 0.6) is 0 Å². The summed E-state index contributed by atoms with van der Waals surface area (Å²) in [6.45, 7) is 4.30. The van der Waals surface area contributed by atoms with Crippen molar-refractivity contribution in [1.29, 1.82) is 0 Å². The van der Waals surface area contributed by atoms with Gasteiger partial charge in [-0.25, -0.2) is 0 Å². The molecule has 3 rings (SSSR count). The molecule has 4 heteroatoms. The van der Waals surface area contributed by atoms with E-state index in [1.165, 1.54) is 24.9 Å². The first-order valence-corrected chi connectivity index (χ1v) is 9.52. The zero-order valence-corrected chi connectivity index (χ0v) is 14.9. The van der Waals surface area contributed by atoms with Gasteiger partial charge in [-0.05, 0) is 72.3 Å². The molecule has 2 heterocycles. The van der Waals surface area contributed by atoms with Crippen molar-refractivity contribution in [2.24, 2.45) is 0 Å². The predicted molar refractivity (Wildman–Crippen MR) is 102 cm³/mol. The number of hydrogen-bond donors (Lipinski definition) is 1. The molecule has 126 valence electrons. The van der Waals surface area contributed by atoms with E-state index in [1.807, 2.05) is 29.8 Å². The minimum atomic E-state index is -0.0583. The second-order valence-electron chi connectivity index (χ2n) is 6.26. The highest BCUT2D eigenvalue weighted by molar-refractivity contribution is 7.08. The van der Waals surface area contributed by atoms with Gasteiger partial charge in [0.05, 0.1) is 6.04 Å². The molecule has 0 saturated carbocycles. The van der Waals surface area contributed by atoms with Crippen molar-refractivity contribution in [3.63, 3.8) is 0 Å². The lowest BCUT2D eigenvalue weighted by Gasteiger charge is -2.29. The number of thiophene rings is 1. The molecule has 1 aromatic carbocycles. The molecule has 3 nitrogen and oxygen atoms in total. The van der Waals surface area contributed by atoms with E-state index < -0.39 is 0 Å². The Hall–Kier alpha value is -2.07. The monoisotopic (exact) mass is 340 g/mol. The van der Waals surface area contributed by atoms with E-state index in [0.29, 0.717) is 0 Å². The predicted octanol–water partition coefficient (Wildman–Crippen LogP) is 4.63. The molecule has 2 aromatic rings. The molecule has 1 amide bonds. The summed E-state index contributed by atoms with van der Waals surface area (Å²) < 4.78 is 0. The van der Waals surface area contributed by atoms with Crippen molar-refractivity contribution in [2.75, 3.05) is 18.0 Å². The van der Waals surface area contributed by atoms with Gasteiger partial charge < -0.3 is 10.2 Å². The fourth-order valence-electron chi connectivity index (χ4n) is 3.03. The molecule has 1 aromatic heterocycles. The number of anilines is 1. The number of carbonyl (C=O) groups is 1. The Morgan fingerprint density at radius 2 is 2.08 bits per heavy atom. The number of amides is 1. The van der Waals surface area contributed by atoms with E-state index in [9.17, 15) is 4.79 Å². The topological polar surface area (TPSA) is 32.3 Å². The number of piperidine rings is 1. The Kier molecular flexibility index (Phi) is 5.70. The number of carbonyl (C=O) groups excluding carboxylic acids is 1. The van der Waals surface area contributed by atoms with Gasteiger partial charge in [0, 0.05) is 24.9 Å². The summed E-state index contributed by atoms with van der Waals surface area (Å²) in [6.07, 6.45) is 7.32. The highest BCUT2D eigenvalue weighted by Crippen LogP contribution is 2.23. The molecule has 24 heavy (non-hydrogen) atoms. The Bertz CT molecular complexity index is 687. The van der Waals surface area contributed by atoms with Crippen molar-refractivity contribution >= 4 is 29.0 Å². The van der Waals surface area contributed by atoms with Crippen LogP contribution < -0.4 is 10.2 Å². The minimum absolute atomic E-state index is 0.00522. The van der Waals surface area contributed by atoms with Crippen LogP contribution >= 0.6 is 11.3 Å². The van der Waals surface area contributed by atoms with E-state index in [-0.39, 0.29) is 11.9 Å². The van der Waals surface area contributed by atoms with Crippen molar-refractivity contribution in [3.8, 4) is 0 Å². The first-order valence-electron chi connectivity index (χ1n) is 8.58. The maximum atomic E-state index is 12.1. The molecule has 0 spiro atoms. The average Bonchev–Trinajstić information content (AvgIpc) is 3.14.